The van der Waals surface area contributed by atoms with Gasteiger partial charge in [-0.25, -0.2) is 4.98 Å². The molecule has 0 aliphatic carbocycles. The van der Waals surface area contributed by atoms with Gasteiger partial charge < -0.3 is 5.32 Å². The van der Waals surface area contributed by atoms with Gasteiger partial charge in [0.05, 0.1) is 10.7 Å². The first kappa shape index (κ1) is 12.6. The van der Waals surface area contributed by atoms with E-state index >= 15 is 0 Å². The van der Waals surface area contributed by atoms with Gasteiger partial charge in [-0.05, 0) is 13.3 Å². The van der Waals surface area contributed by atoms with Gasteiger partial charge in [0.25, 0.3) is 0 Å². The zero-order chi connectivity index (χ0) is 12.7. The third kappa shape index (κ3) is 2.86. The Morgan fingerprint density at radius 1 is 1.53 bits per heavy atom. The number of carbonyl (C=O) groups excluding carboxylic acids is 1. The molecule has 2 rings (SSSR count). The van der Waals surface area contributed by atoms with Crippen LogP contribution in [-0.4, -0.2) is 16.4 Å². The van der Waals surface area contributed by atoms with Gasteiger partial charge in [-0.2, -0.15) is 0 Å². The summed E-state index contributed by atoms with van der Waals surface area (Å²) in [6.45, 7) is 8.63. The number of amides is 1. The standard InChI is InChI=1S/C13H20N2OS/c1-12(2,3)11-14-9(8-17-11)7-13(4)6-5-10(16)15-13/h8H,5-7H2,1-4H3,(H,15,16). The predicted molar refractivity (Wildman–Crippen MR) is 70.3 cm³/mol. The molecule has 1 aliphatic rings. The molecule has 0 radical (unpaired) electrons. The molecular weight excluding hydrogens is 232 g/mol. The van der Waals surface area contributed by atoms with Crippen LogP contribution in [0, 0.1) is 0 Å². The van der Waals surface area contributed by atoms with Crippen LogP contribution in [0.2, 0.25) is 0 Å². The molecule has 0 saturated carbocycles. The quantitative estimate of drug-likeness (QED) is 0.879. The zero-order valence-corrected chi connectivity index (χ0v) is 11.8. The second-order valence-corrected chi connectivity index (χ2v) is 7.04. The molecular formula is C13H20N2OS. The van der Waals surface area contributed by atoms with Gasteiger partial charge in [-0.1, -0.05) is 20.8 Å². The van der Waals surface area contributed by atoms with E-state index in [1.54, 1.807) is 11.3 Å². The fourth-order valence-electron chi connectivity index (χ4n) is 2.12. The maximum Gasteiger partial charge on any atom is 0.220 e. The number of aromatic nitrogens is 1. The van der Waals surface area contributed by atoms with Crippen LogP contribution in [0.3, 0.4) is 0 Å². The van der Waals surface area contributed by atoms with Crippen molar-refractivity contribution in [1.82, 2.24) is 10.3 Å². The summed E-state index contributed by atoms with van der Waals surface area (Å²) in [6.07, 6.45) is 2.40. The number of nitrogens with zero attached hydrogens (tertiary/aromatic N) is 1. The Hall–Kier alpha value is -0.900. The van der Waals surface area contributed by atoms with Gasteiger partial charge in [-0.3, -0.25) is 4.79 Å². The smallest absolute Gasteiger partial charge is 0.220 e. The van der Waals surface area contributed by atoms with Crippen LogP contribution in [0.4, 0.5) is 0 Å². The molecule has 0 spiro atoms. The molecule has 1 N–H and O–H groups in total. The van der Waals surface area contributed by atoms with Crippen LogP contribution in [-0.2, 0) is 16.6 Å². The lowest BCUT2D eigenvalue weighted by Crippen LogP contribution is -2.40. The van der Waals surface area contributed by atoms with Crippen molar-refractivity contribution in [1.29, 1.82) is 0 Å². The minimum atomic E-state index is -0.0969. The minimum absolute atomic E-state index is 0.0969. The van der Waals surface area contributed by atoms with Crippen LogP contribution < -0.4 is 5.32 Å². The van der Waals surface area contributed by atoms with Crippen molar-refractivity contribution < 1.29 is 4.79 Å². The Labute approximate surface area is 107 Å². The summed E-state index contributed by atoms with van der Waals surface area (Å²) < 4.78 is 0. The van der Waals surface area contributed by atoms with Crippen LogP contribution in [0.25, 0.3) is 0 Å². The van der Waals surface area contributed by atoms with E-state index in [-0.39, 0.29) is 16.9 Å². The number of hydrogen-bond donors (Lipinski definition) is 1. The Balaban J connectivity index is 2.09. The summed E-state index contributed by atoms with van der Waals surface area (Å²) in [4.78, 5) is 16.0. The third-order valence-corrected chi connectivity index (χ3v) is 4.43. The normalized spacial score (nSPS) is 25.1. The molecule has 1 aliphatic heterocycles. The highest BCUT2D eigenvalue weighted by atomic mass is 32.1. The number of rotatable bonds is 2. The number of nitrogens with one attached hydrogen (secondary N) is 1. The Morgan fingerprint density at radius 2 is 2.24 bits per heavy atom. The SMILES string of the molecule is CC1(Cc2csc(C(C)(C)C)n2)CCC(=O)N1. The van der Waals surface area contributed by atoms with E-state index in [9.17, 15) is 4.79 Å². The number of thiazole rings is 1. The first-order valence-electron chi connectivity index (χ1n) is 6.04. The Morgan fingerprint density at radius 3 is 2.71 bits per heavy atom. The van der Waals surface area contributed by atoms with Crippen molar-refractivity contribution in [3.63, 3.8) is 0 Å². The van der Waals surface area contributed by atoms with Crippen molar-refractivity contribution >= 4 is 17.2 Å². The molecule has 17 heavy (non-hydrogen) atoms. The molecule has 1 amide bonds. The minimum Gasteiger partial charge on any atom is -0.351 e. The fourth-order valence-corrected chi connectivity index (χ4v) is 3.02. The maximum atomic E-state index is 11.3. The van der Waals surface area contributed by atoms with E-state index in [4.69, 9.17) is 0 Å². The molecule has 1 fully saturated rings. The molecule has 94 valence electrons. The largest absolute Gasteiger partial charge is 0.351 e. The molecule has 3 nitrogen and oxygen atoms in total. The summed E-state index contributed by atoms with van der Waals surface area (Å²) in [6, 6.07) is 0. The zero-order valence-electron chi connectivity index (χ0n) is 11.0. The molecule has 4 heteroatoms. The summed E-state index contributed by atoms with van der Waals surface area (Å²) in [5.74, 6) is 0.166. The molecule has 0 bridgehead atoms. The van der Waals surface area contributed by atoms with Gasteiger partial charge in [0, 0.05) is 29.2 Å². The van der Waals surface area contributed by atoms with Crippen molar-refractivity contribution in [2.75, 3.05) is 0 Å². The average Bonchev–Trinajstić information content (AvgIpc) is 2.73. The van der Waals surface area contributed by atoms with Crippen LogP contribution in [0.1, 0.15) is 51.2 Å². The van der Waals surface area contributed by atoms with Gasteiger partial charge in [0.15, 0.2) is 0 Å². The van der Waals surface area contributed by atoms with Crippen LogP contribution in [0.5, 0.6) is 0 Å². The number of carbonyl (C=O) groups is 1. The molecule has 1 aromatic heterocycles. The summed E-state index contributed by atoms with van der Waals surface area (Å²) in [7, 11) is 0. The molecule has 1 aromatic rings. The second kappa shape index (κ2) is 4.09. The van der Waals surface area contributed by atoms with E-state index in [0.29, 0.717) is 6.42 Å². The van der Waals surface area contributed by atoms with E-state index in [2.05, 4.69) is 43.4 Å². The van der Waals surface area contributed by atoms with Crippen LogP contribution >= 0.6 is 11.3 Å². The Kier molecular flexibility index (Phi) is 3.02. The highest BCUT2D eigenvalue weighted by molar-refractivity contribution is 7.09. The van der Waals surface area contributed by atoms with Crippen molar-refractivity contribution in [3.8, 4) is 0 Å². The molecule has 1 atom stereocenters. The highest BCUT2D eigenvalue weighted by Gasteiger charge is 2.34. The lowest BCUT2D eigenvalue weighted by atomic mass is 9.94. The average molecular weight is 252 g/mol. The van der Waals surface area contributed by atoms with E-state index in [1.807, 2.05) is 0 Å². The monoisotopic (exact) mass is 252 g/mol. The first-order valence-corrected chi connectivity index (χ1v) is 6.92. The Bertz CT molecular complexity index is 433. The summed E-state index contributed by atoms with van der Waals surface area (Å²) >= 11 is 1.72. The van der Waals surface area contributed by atoms with Gasteiger partial charge >= 0.3 is 0 Å². The highest BCUT2D eigenvalue weighted by Crippen LogP contribution is 2.29. The van der Waals surface area contributed by atoms with Gasteiger partial charge in [0.1, 0.15) is 0 Å². The van der Waals surface area contributed by atoms with Gasteiger partial charge in [-0.15, -0.1) is 11.3 Å². The van der Waals surface area contributed by atoms with Crippen molar-refractivity contribution in [2.24, 2.45) is 0 Å². The molecule has 1 saturated heterocycles. The van der Waals surface area contributed by atoms with Gasteiger partial charge in [0.2, 0.25) is 5.91 Å². The maximum absolute atomic E-state index is 11.3. The van der Waals surface area contributed by atoms with E-state index in [0.717, 1.165) is 18.5 Å². The third-order valence-electron chi connectivity index (χ3n) is 3.11. The lowest BCUT2D eigenvalue weighted by Gasteiger charge is -2.22. The molecule has 2 heterocycles. The van der Waals surface area contributed by atoms with E-state index in [1.165, 1.54) is 5.01 Å². The van der Waals surface area contributed by atoms with Crippen LogP contribution in [0.15, 0.2) is 5.38 Å². The lowest BCUT2D eigenvalue weighted by molar-refractivity contribution is -0.119. The fraction of sp³-hybridized carbons (Fsp3) is 0.692. The van der Waals surface area contributed by atoms with Crippen molar-refractivity contribution in [2.45, 2.75) is 57.9 Å². The summed E-state index contributed by atoms with van der Waals surface area (Å²) in [5, 5.41) is 6.34. The topological polar surface area (TPSA) is 42.0 Å². The summed E-state index contributed by atoms with van der Waals surface area (Å²) in [5.41, 5.74) is 1.12. The second-order valence-electron chi connectivity index (χ2n) is 6.18. The molecule has 0 aromatic carbocycles. The van der Waals surface area contributed by atoms with E-state index < -0.39 is 0 Å². The molecule has 1 unspecified atom stereocenters. The first-order chi connectivity index (χ1) is 7.78. The predicted octanol–water partition coefficient (Wildman–Crippen LogP) is 2.65. The number of hydrogen-bond acceptors (Lipinski definition) is 3. The van der Waals surface area contributed by atoms with Crippen molar-refractivity contribution in [3.05, 3.63) is 16.1 Å².